The standard InChI is InChI=1S/C23H31NO7S/c1-21-9-13-11-24-31-18(13)8-14(21)4-5-15-16-6-7-23(27,19(26)12-30-32(3,28)29)22(16,2)10-17(25)20(15)21/h8,11,15-17,20,25,27H,4-7,9-10,12H2,1-3H3/t15?,16?,17-,20?,21-,22-,23-/m0/s1. The summed E-state index contributed by atoms with van der Waals surface area (Å²) in [6.45, 7) is 3.42. The molecule has 0 bridgehead atoms. The number of aliphatic hydroxyl groups is 2. The second-order valence-electron chi connectivity index (χ2n) is 10.8. The van der Waals surface area contributed by atoms with E-state index in [1.807, 2.05) is 6.92 Å². The number of allylic oxidation sites excluding steroid dienone is 1. The van der Waals surface area contributed by atoms with Crippen LogP contribution in [0.15, 0.2) is 16.3 Å². The smallest absolute Gasteiger partial charge is 0.264 e. The van der Waals surface area contributed by atoms with Crippen LogP contribution in [0.4, 0.5) is 0 Å². The summed E-state index contributed by atoms with van der Waals surface area (Å²) < 4.78 is 32.9. The molecule has 1 aromatic rings. The van der Waals surface area contributed by atoms with Crippen molar-refractivity contribution in [1.29, 1.82) is 0 Å². The van der Waals surface area contributed by atoms with E-state index >= 15 is 0 Å². The van der Waals surface area contributed by atoms with Gasteiger partial charge in [0.15, 0.2) is 11.5 Å². The van der Waals surface area contributed by atoms with Gasteiger partial charge in [0.25, 0.3) is 10.1 Å². The summed E-state index contributed by atoms with van der Waals surface area (Å²) in [5.74, 6) is 0.411. The maximum Gasteiger partial charge on any atom is 0.264 e. The third-order valence-corrected chi connectivity index (χ3v) is 9.77. The molecule has 0 aromatic carbocycles. The molecule has 3 fully saturated rings. The molecule has 0 radical (unpaired) electrons. The van der Waals surface area contributed by atoms with Crippen molar-refractivity contribution in [2.45, 2.75) is 64.1 Å². The Kier molecular flexibility index (Phi) is 4.85. The molecule has 8 nitrogen and oxygen atoms in total. The molecule has 0 aliphatic heterocycles. The average Bonchev–Trinajstić information content (AvgIpc) is 3.24. The second kappa shape index (κ2) is 6.98. The van der Waals surface area contributed by atoms with Gasteiger partial charge in [-0.25, -0.2) is 0 Å². The molecule has 1 heterocycles. The predicted molar refractivity (Wildman–Crippen MR) is 115 cm³/mol. The maximum absolute atomic E-state index is 13.0. The van der Waals surface area contributed by atoms with E-state index in [1.165, 1.54) is 5.57 Å². The monoisotopic (exact) mass is 465 g/mol. The summed E-state index contributed by atoms with van der Waals surface area (Å²) in [6.07, 6.45) is 7.75. The third kappa shape index (κ3) is 3.01. The Bertz CT molecular complexity index is 1090. The molecular formula is C23H31NO7S. The van der Waals surface area contributed by atoms with Crippen LogP contribution in [0.2, 0.25) is 0 Å². The summed E-state index contributed by atoms with van der Waals surface area (Å²) >= 11 is 0. The topological polar surface area (TPSA) is 127 Å². The quantitative estimate of drug-likeness (QED) is 0.647. The van der Waals surface area contributed by atoms with Crippen molar-refractivity contribution < 1.29 is 32.1 Å². The van der Waals surface area contributed by atoms with Gasteiger partial charge in [0.2, 0.25) is 0 Å². The van der Waals surface area contributed by atoms with Crippen molar-refractivity contribution in [3.05, 3.63) is 23.1 Å². The van der Waals surface area contributed by atoms with Crippen LogP contribution < -0.4 is 0 Å². The number of carbonyl (C=O) groups is 1. The summed E-state index contributed by atoms with van der Waals surface area (Å²) in [5.41, 5.74) is -0.448. The number of hydrogen-bond donors (Lipinski definition) is 2. The zero-order valence-corrected chi connectivity index (χ0v) is 19.5. The van der Waals surface area contributed by atoms with Crippen LogP contribution >= 0.6 is 0 Å². The maximum atomic E-state index is 13.0. The normalized spacial score (nSPS) is 43.0. The highest BCUT2D eigenvalue weighted by Crippen LogP contribution is 2.67. The van der Waals surface area contributed by atoms with Crippen molar-refractivity contribution in [2.75, 3.05) is 12.9 Å². The molecule has 0 spiro atoms. The van der Waals surface area contributed by atoms with Crippen molar-refractivity contribution in [3.8, 4) is 0 Å². The fourth-order valence-corrected chi connectivity index (χ4v) is 8.08. The summed E-state index contributed by atoms with van der Waals surface area (Å²) in [6, 6.07) is 0. The second-order valence-corrected chi connectivity index (χ2v) is 12.4. The van der Waals surface area contributed by atoms with Gasteiger partial charge in [0, 0.05) is 11.0 Å². The Morgan fingerprint density at radius 3 is 2.81 bits per heavy atom. The number of nitrogens with zero attached hydrogens (tertiary/aromatic N) is 1. The molecule has 0 amide bonds. The lowest BCUT2D eigenvalue weighted by molar-refractivity contribution is -0.180. The van der Waals surface area contributed by atoms with Gasteiger partial charge < -0.3 is 14.7 Å². The molecule has 4 aliphatic carbocycles. The number of ketones is 1. The van der Waals surface area contributed by atoms with Crippen LogP contribution in [-0.4, -0.2) is 54.1 Å². The Morgan fingerprint density at radius 1 is 1.34 bits per heavy atom. The van der Waals surface area contributed by atoms with E-state index in [1.54, 1.807) is 6.20 Å². The molecule has 3 unspecified atom stereocenters. The zero-order chi connectivity index (χ0) is 23.1. The summed E-state index contributed by atoms with van der Waals surface area (Å²) in [5, 5.41) is 27.0. The van der Waals surface area contributed by atoms with Crippen LogP contribution in [0.3, 0.4) is 0 Å². The molecule has 2 N–H and O–H groups in total. The lowest BCUT2D eigenvalue weighted by atomic mass is 9.45. The number of rotatable bonds is 4. The number of fused-ring (bicyclic) bond motifs is 6. The minimum absolute atomic E-state index is 0.00773. The first kappa shape index (κ1) is 22.3. The predicted octanol–water partition coefficient (Wildman–Crippen LogP) is 2.10. The Morgan fingerprint density at radius 2 is 2.09 bits per heavy atom. The fourth-order valence-electron chi connectivity index (χ4n) is 7.76. The number of aliphatic hydroxyl groups excluding tert-OH is 1. The highest BCUT2D eigenvalue weighted by Gasteiger charge is 2.68. The average molecular weight is 466 g/mol. The summed E-state index contributed by atoms with van der Waals surface area (Å²) in [4.78, 5) is 13.0. The van der Waals surface area contributed by atoms with Crippen LogP contribution in [0.25, 0.3) is 6.08 Å². The Hall–Kier alpha value is -1.55. The van der Waals surface area contributed by atoms with Crippen LogP contribution in [0, 0.1) is 28.6 Å². The van der Waals surface area contributed by atoms with Crippen LogP contribution in [0.1, 0.15) is 57.3 Å². The van der Waals surface area contributed by atoms with E-state index in [0.717, 1.165) is 36.8 Å². The highest BCUT2D eigenvalue weighted by molar-refractivity contribution is 7.86. The van der Waals surface area contributed by atoms with E-state index in [0.29, 0.717) is 12.8 Å². The largest absolute Gasteiger partial charge is 0.393 e. The van der Waals surface area contributed by atoms with E-state index in [-0.39, 0.29) is 29.6 Å². The Balaban J connectivity index is 1.46. The van der Waals surface area contributed by atoms with Gasteiger partial charge in [-0.3, -0.25) is 8.98 Å². The molecule has 3 saturated carbocycles. The van der Waals surface area contributed by atoms with Gasteiger partial charge in [-0.05, 0) is 67.8 Å². The minimum Gasteiger partial charge on any atom is -0.393 e. The number of aromatic nitrogens is 1. The third-order valence-electron chi connectivity index (χ3n) is 9.23. The number of Topliss-reactive ketones (excluding diaryl/α,β-unsaturated/α-hetero) is 1. The van der Waals surface area contributed by atoms with Crippen LogP contribution in [0.5, 0.6) is 0 Å². The first-order chi connectivity index (χ1) is 14.9. The lowest BCUT2D eigenvalue weighted by Gasteiger charge is -2.60. The van der Waals surface area contributed by atoms with E-state index < -0.39 is 39.6 Å². The summed E-state index contributed by atoms with van der Waals surface area (Å²) in [7, 11) is -3.80. The van der Waals surface area contributed by atoms with Gasteiger partial charge >= 0.3 is 0 Å². The van der Waals surface area contributed by atoms with Gasteiger partial charge in [-0.15, -0.1) is 0 Å². The molecule has 0 saturated heterocycles. The van der Waals surface area contributed by atoms with Gasteiger partial charge in [0.05, 0.1) is 18.6 Å². The molecule has 4 aliphatic rings. The fraction of sp³-hybridized carbons (Fsp3) is 0.739. The SMILES string of the molecule is C[C@]12Cc3cnoc3C=C1CCC1C2[C@@H](O)C[C@@]2(C)C1CC[C@]2(O)C(=O)COS(C)(=O)=O. The number of hydrogen-bond acceptors (Lipinski definition) is 8. The Labute approximate surface area is 188 Å². The minimum atomic E-state index is -3.80. The van der Waals surface area contributed by atoms with E-state index in [9.17, 15) is 23.4 Å². The van der Waals surface area contributed by atoms with E-state index in [2.05, 4.69) is 18.2 Å². The van der Waals surface area contributed by atoms with Gasteiger partial charge in [-0.2, -0.15) is 8.42 Å². The van der Waals surface area contributed by atoms with Gasteiger partial charge in [-0.1, -0.05) is 24.6 Å². The molecule has 9 heteroatoms. The first-order valence-electron chi connectivity index (χ1n) is 11.3. The number of carbonyl (C=O) groups excluding carboxylic acids is 1. The lowest BCUT2D eigenvalue weighted by Crippen LogP contribution is -2.62. The molecular weight excluding hydrogens is 434 g/mol. The van der Waals surface area contributed by atoms with Crippen molar-refractivity contribution in [3.63, 3.8) is 0 Å². The highest BCUT2D eigenvalue weighted by atomic mass is 32.2. The molecule has 1 aromatic heterocycles. The molecule has 32 heavy (non-hydrogen) atoms. The van der Waals surface area contributed by atoms with Crippen molar-refractivity contribution in [2.24, 2.45) is 28.6 Å². The van der Waals surface area contributed by atoms with E-state index in [4.69, 9.17) is 8.71 Å². The van der Waals surface area contributed by atoms with Crippen molar-refractivity contribution >= 4 is 22.0 Å². The van der Waals surface area contributed by atoms with Gasteiger partial charge in [0.1, 0.15) is 12.2 Å². The van der Waals surface area contributed by atoms with Crippen molar-refractivity contribution in [1.82, 2.24) is 5.16 Å². The molecule has 176 valence electrons. The zero-order valence-electron chi connectivity index (χ0n) is 18.7. The van der Waals surface area contributed by atoms with Crippen LogP contribution in [-0.2, 0) is 25.5 Å². The first-order valence-corrected chi connectivity index (χ1v) is 13.1. The molecule has 7 atom stereocenters. The molecule has 5 rings (SSSR count).